The number of phosphoric acid groups is 3. The van der Waals surface area contributed by atoms with E-state index >= 15 is 0 Å². The van der Waals surface area contributed by atoms with Crippen LogP contribution in [0.4, 0.5) is 22.5 Å². The first-order valence-electron chi connectivity index (χ1n) is 24.9. The van der Waals surface area contributed by atoms with Gasteiger partial charge in [0.25, 0.3) is 11.1 Å². The van der Waals surface area contributed by atoms with Gasteiger partial charge in [0.1, 0.15) is 85.1 Å². The zero-order valence-electron chi connectivity index (χ0n) is 43.1. The van der Waals surface area contributed by atoms with E-state index in [4.69, 9.17) is 63.3 Å². The maximum Gasteiger partial charge on any atom is 0.472 e. The Morgan fingerprint density at radius 2 is 0.988 bits per heavy atom. The second-order valence-electron chi connectivity index (χ2n) is 19.5. The molecule has 86 heavy (non-hydrogen) atoms. The third-order valence-corrected chi connectivity index (χ3v) is 17.4. The van der Waals surface area contributed by atoms with Gasteiger partial charge in [-0.05, 0) is 0 Å². The Morgan fingerprint density at radius 3 is 1.50 bits per heavy atom. The number of amides is 3. The first-order valence-corrected chi connectivity index (χ1v) is 29.9. The lowest BCUT2D eigenvalue weighted by molar-refractivity contribution is -0.124. The SMILES string of the molecule is Nc1nc2c(ncn2[C@@H]2O[C@H](CO)[C@@H](OP(=O)(O)OC[C@H]3O[C@@H](n4cnc5c(=O)[nH]c(N)nc54)[C@H](O)[C@@H]3OP(=O)(O)OC[C@H]3O[C@@H](N4C[C@H](S)C(=O)NC4=O)[C@H](O)[C@@H]3OP(=O)(O)OC[C@H]3O[C@@H](n4cnc5c(N)ncnc54)[C@H](O)[C@@H]3O)[C@H]2O)c(=O)[nH]1. The fourth-order valence-electron chi connectivity index (χ4n) is 9.98. The lowest BCUT2D eigenvalue weighted by Crippen LogP contribution is -2.60. The number of anilines is 3. The predicted octanol–water partition coefficient (Wildman–Crippen LogP) is -6.59. The van der Waals surface area contributed by atoms with Gasteiger partial charge in [0.15, 0.2) is 58.7 Å². The average molecular weight is 1300 g/mol. The largest absolute Gasteiger partial charge is 0.472 e. The molecule has 5 saturated heterocycles. The van der Waals surface area contributed by atoms with Gasteiger partial charge in [-0.15, -0.1) is 0 Å². The van der Waals surface area contributed by atoms with Crippen LogP contribution in [0.2, 0.25) is 0 Å². The van der Waals surface area contributed by atoms with Gasteiger partial charge < -0.3 is 81.5 Å². The summed E-state index contributed by atoms with van der Waals surface area (Å²) in [7, 11) is -16.9. The molecule has 3 unspecified atom stereocenters. The fourth-order valence-corrected chi connectivity index (χ4v) is 13.1. The highest BCUT2D eigenvalue weighted by molar-refractivity contribution is 7.81. The van der Waals surface area contributed by atoms with Crippen molar-refractivity contribution in [3.8, 4) is 0 Å². The molecule has 5 fully saturated rings. The molecule has 0 aliphatic carbocycles. The third-order valence-electron chi connectivity index (χ3n) is 14.0. The van der Waals surface area contributed by atoms with Crippen molar-refractivity contribution in [2.24, 2.45) is 0 Å². The van der Waals surface area contributed by atoms with E-state index < -0.39 is 189 Å². The molecule has 5 aliphatic heterocycles. The number of nitrogens with zero attached hydrogens (tertiary/aromatic N) is 11. The van der Waals surface area contributed by atoms with E-state index in [9.17, 15) is 78.2 Å². The summed E-state index contributed by atoms with van der Waals surface area (Å²) in [5.41, 5.74) is 14.7. The zero-order chi connectivity index (χ0) is 61.6. The molecule has 18 N–H and O–H groups in total. The number of aliphatic hydroxyl groups excluding tert-OH is 6. The normalized spacial score (nSPS) is 33.7. The van der Waals surface area contributed by atoms with Gasteiger partial charge in [-0.2, -0.15) is 22.6 Å². The average Bonchev–Trinajstić information content (AvgIpc) is 1.91. The summed E-state index contributed by atoms with van der Waals surface area (Å²) < 4.78 is 99.4. The fraction of sp³-hybridized carbons (Fsp3) is 0.564. The van der Waals surface area contributed by atoms with E-state index in [0.29, 0.717) is 0 Å². The highest BCUT2D eigenvalue weighted by atomic mass is 32.1. The van der Waals surface area contributed by atoms with E-state index in [2.05, 4.69) is 57.5 Å². The molecule has 0 saturated carbocycles. The van der Waals surface area contributed by atoms with Crippen molar-refractivity contribution in [3.63, 3.8) is 0 Å². The number of H-pyrrole nitrogens is 2. The number of fused-ring (bicyclic) bond motifs is 3. The van der Waals surface area contributed by atoms with Crippen LogP contribution < -0.4 is 33.6 Å². The second-order valence-corrected chi connectivity index (χ2v) is 24.3. The number of nitrogen functional groups attached to an aromatic ring is 3. The number of imide groups is 1. The first kappa shape index (κ1) is 61.5. The van der Waals surface area contributed by atoms with Crippen LogP contribution in [0.25, 0.3) is 33.5 Å². The molecule has 0 aromatic carbocycles. The number of nitrogens with one attached hydrogen (secondary N) is 3. The number of aliphatic hydroxyl groups is 6. The van der Waals surface area contributed by atoms with Gasteiger partial charge in [-0.3, -0.25) is 75.4 Å². The number of hydrogen-bond donors (Lipinski definition) is 16. The molecule has 3 amide bonds. The van der Waals surface area contributed by atoms with Crippen LogP contribution in [-0.2, 0) is 64.6 Å². The molecule has 0 bridgehead atoms. The number of imidazole rings is 3. The van der Waals surface area contributed by atoms with Crippen LogP contribution >= 0.6 is 36.1 Å². The number of hydrogen-bond acceptors (Lipinski definition) is 34. The van der Waals surface area contributed by atoms with Crippen LogP contribution in [0.5, 0.6) is 0 Å². The van der Waals surface area contributed by atoms with Gasteiger partial charge in [-0.25, -0.2) is 43.4 Å². The minimum absolute atomic E-state index is 0.0264. The number of aromatic amines is 2. The van der Waals surface area contributed by atoms with Crippen LogP contribution in [0.3, 0.4) is 0 Å². The summed E-state index contributed by atoms with van der Waals surface area (Å²) in [5, 5.41) is 67.5. The molecule has 5 aliphatic rings. The maximum absolute atomic E-state index is 14.1. The first-order chi connectivity index (χ1) is 40.6. The van der Waals surface area contributed by atoms with Crippen LogP contribution in [0.15, 0.2) is 34.9 Å². The summed E-state index contributed by atoms with van der Waals surface area (Å²) in [6, 6.07) is -1.16. The Balaban J connectivity index is 0.807. The van der Waals surface area contributed by atoms with E-state index in [-0.39, 0.29) is 45.3 Å². The van der Waals surface area contributed by atoms with Crippen LogP contribution in [0, 0.1) is 0 Å². The van der Waals surface area contributed by atoms with E-state index in [1.165, 1.54) is 10.9 Å². The van der Waals surface area contributed by atoms with Crippen LogP contribution in [0.1, 0.15) is 18.7 Å². The Kier molecular flexibility index (Phi) is 16.8. The third kappa shape index (κ3) is 11.8. The van der Waals surface area contributed by atoms with Crippen molar-refractivity contribution in [1.29, 1.82) is 0 Å². The predicted molar refractivity (Wildman–Crippen MR) is 277 cm³/mol. The second kappa shape index (κ2) is 23.4. The number of urea groups is 1. The van der Waals surface area contributed by atoms with Crippen LogP contribution in [-0.4, -0.2) is 238 Å². The van der Waals surface area contributed by atoms with E-state index in [1.54, 1.807) is 0 Å². The molecular weight excluding hydrogens is 1250 g/mol. The molecule has 11 rings (SSSR count). The molecule has 20 atom stereocenters. The molecule has 6 aromatic heterocycles. The van der Waals surface area contributed by atoms with Crippen molar-refractivity contribution in [3.05, 3.63) is 46.0 Å². The van der Waals surface area contributed by atoms with Gasteiger partial charge in [0.2, 0.25) is 17.8 Å². The Bertz CT molecular complexity index is 3860. The number of ether oxygens (including phenoxy) is 4. The van der Waals surface area contributed by atoms with Gasteiger partial charge in [-0.1, -0.05) is 0 Å². The topological polar surface area (TPSA) is 624 Å². The highest BCUT2D eigenvalue weighted by Gasteiger charge is 2.56. The quantitative estimate of drug-likeness (QED) is 0.0250. The molecule has 0 spiro atoms. The van der Waals surface area contributed by atoms with Crippen molar-refractivity contribution in [2.75, 3.05) is 50.2 Å². The minimum atomic E-state index is -5.78. The van der Waals surface area contributed by atoms with Crippen molar-refractivity contribution in [2.45, 2.75) is 103 Å². The number of phosphoric ester groups is 3. The Hall–Kier alpha value is -6.13. The zero-order valence-corrected chi connectivity index (χ0v) is 46.6. The Labute approximate surface area is 481 Å². The molecule has 43 nitrogen and oxygen atoms in total. The highest BCUT2D eigenvalue weighted by Crippen LogP contribution is 2.54. The van der Waals surface area contributed by atoms with Gasteiger partial charge in [0, 0.05) is 6.54 Å². The smallest absolute Gasteiger partial charge is 0.394 e. The molecule has 6 aromatic rings. The lowest BCUT2D eigenvalue weighted by Gasteiger charge is -2.35. The summed E-state index contributed by atoms with van der Waals surface area (Å²) in [4.78, 5) is 117. The summed E-state index contributed by atoms with van der Waals surface area (Å²) in [5.74, 6) is -1.68. The molecule has 0 radical (unpaired) electrons. The Morgan fingerprint density at radius 1 is 0.570 bits per heavy atom. The number of carbonyl (C=O) groups excluding carboxylic acids is 2. The summed E-state index contributed by atoms with van der Waals surface area (Å²) >= 11 is 4.12. The van der Waals surface area contributed by atoms with Crippen molar-refractivity contribution >= 4 is 99.2 Å². The number of aromatic nitrogens is 12. The summed E-state index contributed by atoms with van der Waals surface area (Å²) in [6.45, 7) is -5.04. The maximum atomic E-state index is 14.1. The standard InChI is InChI=1S/C39H50N17O26P3S/c40-26-15-27(44-6-43-26)54(7-45-15)33-19(59)18(58)11(77-33)3-73-83(67,68)81-24-12(78-34(21(24)61)53-1-14(86)30(63)52-39(53)66)4-75-85(71,72)82-25-13(79-36(22(25)62)56-9-47-17-29(56)49-38(42)51-32(17)65)5-74-84(69,70)80-23-10(2-57)76-35(20(23)60)55-8-46-16-28(55)48-37(41)50-31(16)64/h6-14,18-25,33-36,57-62,86H,1-5H2,(H,67,68)(H,69,70)(H,71,72)(H2,40,43,44)(H,52,63,66)(H3,41,48,50,64)(H3,42,49,51,65)/t10-,11-,12-,13-,14+,18-,19-,20-,21-,22-,23-,24-,25-,33-,34-,35-,36-/m1/s1. The van der Waals surface area contributed by atoms with E-state index in [1.807, 2.05) is 5.32 Å². The molecule has 468 valence electrons. The number of thiol groups is 1. The van der Waals surface area contributed by atoms with E-state index in [0.717, 1.165) is 33.0 Å². The van der Waals surface area contributed by atoms with Crippen molar-refractivity contribution < 1.29 is 115 Å². The van der Waals surface area contributed by atoms with Gasteiger partial charge in [0.05, 0.1) is 50.7 Å². The van der Waals surface area contributed by atoms with Gasteiger partial charge >= 0.3 is 29.5 Å². The summed E-state index contributed by atoms with van der Waals surface area (Å²) in [6.07, 6.45) is -25.9. The number of nitrogens with two attached hydrogens (primary N) is 3. The minimum Gasteiger partial charge on any atom is -0.394 e. The molecular formula is C39H50N17O26P3S. The molecule has 47 heteroatoms. The van der Waals surface area contributed by atoms with Crippen molar-refractivity contribution in [1.82, 2.24) is 68.8 Å². The lowest BCUT2D eigenvalue weighted by atomic mass is 10.1. The number of carbonyl (C=O) groups is 2. The molecule has 11 heterocycles. The number of rotatable bonds is 20. The monoisotopic (exact) mass is 1300 g/mol.